The third-order valence-electron chi connectivity index (χ3n) is 4.67. The van der Waals surface area contributed by atoms with Crippen molar-refractivity contribution >= 4 is 23.5 Å². The van der Waals surface area contributed by atoms with E-state index in [-0.39, 0.29) is 24.9 Å². The molecule has 0 aliphatic heterocycles. The number of rotatable bonds is 10. The van der Waals surface area contributed by atoms with E-state index in [4.69, 9.17) is 0 Å². The predicted molar refractivity (Wildman–Crippen MR) is 123 cm³/mol. The average molecular weight is 428 g/mol. The fraction of sp³-hybridized carbons (Fsp3) is 0.455. The van der Waals surface area contributed by atoms with Crippen molar-refractivity contribution in [3.05, 3.63) is 48.3 Å². The van der Waals surface area contributed by atoms with Gasteiger partial charge in [0.15, 0.2) is 5.96 Å². The standard InChI is InChI=1S/C22H33N7O2/c1-5-23-22(27(4)17-21(31)28(6-2)7-3)24-15-18-10-8-11-19(14-18)26-20(30)16-29-13-9-12-25-29/h8-14H,5-7,15-17H2,1-4H3,(H,23,24)(H,26,30). The van der Waals surface area contributed by atoms with Crippen LogP contribution in [0.1, 0.15) is 26.3 Å². The quantitative estimate of drug-likeness (QED) is 0.445. The number of guanidine groups is 1. The van der Waals surface area contributed by atoms with Gasteiger partial charge in [-0.3, -0.25) is 14.3 Å². The molecule has 9 nitrogen and oxygen atoms in total. The summed E-state index contributed by atoms with van der Waals surface area (Å²) in [5.74, 6) is 0.587. The molecule has 9 heteroatoms. The average Bonchev–Trinajstić information content (AvgIpc) is 3.25. The lowest BCUT2D eigenvalue weighted by Gasteiger charge is -2.25. The molecule has 168 valence electrons. The van der Waals surface area contributed by atoms with Crippen molar-refractivity contribution in [2.45, 2.75) is 33.9 Å². The fourth-order valence-electron chi connectivity index (χ4n) is 3.08. The summed E-state index contributed by atoms with van der Waals surface area (Å²) in [6.45, 7) is 8.86. The van der Waals surface area contributed by atoms with Crippen molar-refractivity contribution in [3.8, 4) is 0 Å². The second-order valence-electron chi connectivity index (χ2n) is 7.04. The van der Waals surface area contributed by atoms with E-state index >= 15 is 0 Å². The fourth-order valence-corrected chi connectivity index (χ4v) is 3.08. The van der Waals surface area contributed by atoms with E-state index in [0.29, 0.717) is 37.8 Å². The van der Waals surface area contributed by atoms with Crippen LogP contribution in [0, 0.1) is 0 Å². The Hall–Kier alpha value is -3.36. The van der Waals surface area contributed by atoms with Gasteiger partial charge in [-0.05, 0) is 44.5 Å². The minimum Gasteiger partial charge on any atom is -0.357 e. The highest BCUT2D eigenvalue weighted by molar-refractivity contribution is 5.90. The van der Waals surface area contributed by atoms with Crippen molar-refractivity contribution in [3.63, 3.8) is 0 Å². The van der Waals surface area contributed by atoms with E-state index in [0.717, 1.165) is 5.56 Å². The molecular weight excluding hydrogens is 394 g/mol. The Labute approximate surface area is 184 Å². The first-order valence-corrected chi connectivity index (χ1v) is 10.6. The van der Waals surface area contributed by atoms with Crippen LogP contribution in [0.2, 0.25) is 0 Å². The zero-order valence-electron chi connectivity index (χ0n) is 18.8. The van der Waals surface area contributed by atoms with Gasteiger partial charge < -0.3 is 20.4 Å². The lowest BCUT2D eigenvalue weighted by molar-refractivity contribution is -0.131. The first kappa shape index (κ1) is 23.9. The molecule has 2 amide bonds. The first-order chi connectivity index (χ1) is 15.0. The molecule has 2 rings (SSSR count). The van der Waals surface area contributed by atoms with Crippen molar-refractivity contribution < 1.29 is 9.59 Å². The summed E-state index contributed by atoms with van der Waals surface area (Å²) in [6.07, 6.45) is 3.38. The molecule has 31 heavy (non-hydrogen) atoms. The second kappa shape index (κ2) is 12.4. The number of hydrogen-bond acceptors (Lipinski definition) is 4. The summed E-state index contributed by atoms with van der Waals surface area (Å²) in [7, 11) is 1.86. The van der Waals surface area contributed by atoms with Gasteiger partial charge in [-0.15, -0.1) is 0 Å². The monoisotopic (exact) mass is 427 g/mol. The molecule has 0 spiro atoms. The van der Waals surface area contributed by atoms with Gasteiger partial charge in [-0.25, -0.2) is 4.99 Å². The molecule has 1 heterocycles. The van der Waals surface area contributed by atoms with Crippen LogP contribution in [0.4, 0.5) is 5.69 Å². The van der Waals surface area contributed by atoms with E-state index in [1.165, 1.54) is 0 Å². The van der Waals surface area contributed by atoms with Gasteiger partial charge in [0.05, 0.1) is 13.1 Å². The molecule has 0 bridgehead atoms. The highest BCUT2D eigenvalue weighted by Gasteiger charge is 2.15. The number of aliphatic imine (C=N–C) groups is 1. The molecule has 0 aliphatic carbocycles. The molecule has 0 unspecified atom stereocenters. The smallest absolute Gasteiger partial charge is 0.246 e. The molecule has 0 saturated carbocycles. The molecule has 0 atom stereocenters. The molecule has 0 fully saturated rings. The van der Waals surface area contributed by atoms with Gasteiger partial charge in [-0.1, -0.05) is 12.1 Å². The van der Waals surface area contributed by atoms with Crippen molar-refractivity contribution in [2.75, 3.05) is 38.5 Å². The zero-order chi connectivity index (χ0) is 22.6. The summed E-state index contributed by atoms with van der Waals surface area (Å²) in [4.78, 5) is 32.9. The molecule has 0 radical (unpaired) electrons. The van der Waals surface area contributed by atoms with Crippen LogP contribution in [-0.4, -0.2) is 70.6 Å². The molecule has 1 aromatic carbocycles. The highest BCUT2D eigenvalue weighted by Crippen LogP contribution is 2.12. The number of anilines is 1. The normalized spacial score (nSPS) is 11.2. The number of nitrogens with one attached hydrogen (secondary N) is 2. The van der Waals surface area contributed by atoms with Gasteiger partial charge in [0.2, 0.25) is 11.8 Å². The Balaban J connectivity index is 2.00. The lowest BCUT2D eigenvalue weighted by atomic mass is 10.2. The van der Waals surface area contributed by atoms with Crippen molar-refractivity contribution in [1.82, 2.24) is 24.9 Å². The minimum atomic E-state index is -0.146. The van der Waals surface area contributed by atoms with E-state index in [9.17, 15) is 9.59 Å². The molecular formula is C22H33N7O2. The second-order valence-corrected chi connectivity index (χ2v) is 7.04. The number of carbonyl (C=O) groups excluding carboxylic acids is 2. The van der Waals surface area contributed by atoms with Gasteiger partial charge in [0.25, 0.3) is 0 Å². The Morgan fingerprint density at radius 1 is 1.16 bits per heavy atom. The zero-order valence-corrected chi connectivity index (χ0v) is 18.8. The number of amides is 2. The molecule has 0 aliphatic rings. The van der Waals surface area contributed by atoms with Crippen molar-refractivity contribution in [1.29, 1.82) is 0 Å². The maximum atomic E-state index is 12.4. The van der Waals surface area contributed by atoms with Gasteiger partial charge in [-0.2, -0.15) is 5.10 Å². The van der Waals surface area contributed by atoms with E-state index in [2.05, 4.69) is 20.7 Å². The van der Waals surface area contributed by atoms with Crippen LogP contribution >= 0.6 is 0 Å². The van der Waals surface area contributed by atoms with E-state index < -0.39 is 0 Å². The maximum absolute atomic E-state index is 12.4. The van der Waals surface area contributed by atoms with Gasteiger partial charge in [0.1, 0.15) is 6.54 Å². The SMILES string of the molecule is CCNC(=NCc1cccc(NC(=O)Cn2cccn2)c1)N(C)CC(=O)N(CC)CC. The van der Waals surface area contributed by atoms with Crippen LogP contribution in [0.3, 0.4) is 0 Å². The summed E-state index contributed by atoms with van der Waals surface area (Å²) < 4.78 is 1.57. The number of likely N-dealkylation sites (N-methyl/N-ethyl adjacent to an activating group) is 2. The number of hydrogen-bond donors (Lipinski definition) is 2. The first-order valence-electron chi connectivity index (χ1n) is 10.6. The van der Waals surface area contributed by atoms with Crippen LogP contribution in [-0.2, 0) is 22.7 Å². The lowest BCUT2D eigenvalue weighted by Crippen LogP contribution is -2.45. The number of benzene rings is 1. The topological polar surface area (TPSA) is 94.9 Å². The molecule has 0 saturated heterocycles. The third-order valence-corrected chi connectivity index (χ3v) is 4.67. The van der Waals surface area contributed by atoms with Gasteiger partial charge in [0, 0.05) is 44.8 Å². The maximum Gasteiger partial charge on any atom is 0.246 e. The number of carbonyl (C=O) groups is 2. The Morgan fingerprint density at radius 3 is 2.58 bits per heavy atom. The Bertz CT molecular complexity index is 861. The molecule has 1 aromatic heterocycles. The summed E-state index contributed by atoms with van der Waals surface area (Å²) >= 11 is 0. The summed E-state index contributed by atoms with van der Waals surface area (Å²) in [5, 5.41) is 10.2. The van der Waals surface area contributed by atoms with Crippen molar-refractivity contribution in [2.24, 2.45) is 4.99 Å². The van der Waals surface area contributed by atoms with Crippen LogP contribution < -0.4 is 10.6 Å². The van der Waals surface area contributed by atoms with E-state index in [1.807, 2.05) is 57.0 Å². The molecule has 2 aromatic rings. The van der Waals surface area contributed by atoms with Crippen LogP contribution in [0.15, 0.2) is 47.7 Å². The van der Waals surface area contributed by atoms with Crippen LogP contribution in [0.25, 0.3) is 0 Å². The van der Waals surface area contributed by atoms with E-state index in [1.54, 1.807) is 28.0 Å². The Morgan fingerprint density at radius 2 is 1.94 bits per heavy atom. The number of nitrogens with zero attached hydrogens (tertiary/aromatic N) is 5. The summed E-state index contributed by atoms with van der Waals surface area (Å²) in [6, 6.07) is 9.36. The summed E-state index contributed by atoms with van der Waals surface area (Å²) in [5.41, 5.74) is 1.66. The number of aromatic nitrogens is 2. The Kier molecular flexibility index (Phi) is 9.54. The van der Waals surface area contributed by atoms with Crippen LogP contribution in [0.5, 0.6) is 0 Å². The highest BCUT2D eigenvalue weighted by atomic mass is 16.2. The third kappa shape index (κ3) is 7.76. The predicted octanol–water partition coefficient (Wildman–Crippen LogP) is 1.79. The molecule has 2 N–H and O–H groups in total. The minimum absolute atomic E-state index is 0.0694. The van der Waals surface area contributed by atoms with Gasteiger partial charge >= 0.3 is 0 Å². The largest absolute Gasteiger partial charge is 0.357 e.